The van der Waals surface area contributed by atoms with Gasteiger partial charge in [-0.1, -0.05) is 0 Å². The van der Waals surface area contributed by atoms with Crippen molar-refractivity contribution in [3.05, 3.63) is 0 Å². The second-order valence-electron chi connectivity index (χ2n) is 3.39. The van der Waals surface area contributed by atoms with Crippen molar-refractivity contribution < 1.29 is 4.39 Å². The minimum Gasteiger partial charge on any atom is -0.328 e. The maximum Gasteiger partial charge on any atom is 0.123 e. The predicted octanol–water partition coefficient (Wildman–Crippen LogP) is 1.62. The quantitative estimate of drug-likeness (QED) is 0.572. The van der Waals surface area contributed by atoms with Gasteiger partial charge in [-0.3, -0.25) is 0 Å². The minimum absolute atomic E-state index is 0.0158. The van der Waals surface area contributed by atoms with Crippen molar-refractivity contribution in [2.45, 2.75) is 43.8 Å². The van der Waals surface area contributed by atoms with E-state index in [1.807, 2.05) is 0 Å². The Bertz CT molecular complexity index is 173. The molecule has 0 aliphatic heterocycles. The van der Waals surface area contributed by atoms with Crippen LogP contribution >= 0.6 is 0 Å². The second-order valence-corrected chi connectivity index (χ2v) is 3.39. The summed E-state index contributed by atoms with van der Waals surface area (Å²) in [5, 5.41) is 0. The van der Waals surface area contributed by atoms with Crippen molar-refractivity contribution in [1.82, 2.24) is 0 Å². The number of hydrogen-bond acceptors (Lipinski definition) is 1. The lowest BCUT2D eigenvalue weighted by molar-refractivity contribution is 0.102. The second kappa shape index (κ2) is 3.23. The molecule has 0 amide bonds. The number of hydrogen-bond donors (Lipinski definition) is 1. The van der Waals surface area contributed by atoms with Crippen molar-refractivity contribution >= 4 is 0 Å². The lowest BCUT2D eigenvalue weighted by Crippen LogP contribution is -2.37. The van der Waals surface area contributed by atoms with Crippen LogP contribution in [0.5, 0.6) is 0 Å². The van der Waals surface area contributed by atoms with Crippen LogP contribution in [0.4, 0.5) is 4.39 Å². The summed E-state index contributed by atoms with van der Waals surface area (Å²) in [6.45, 7) is 0. The van der Waals surface area contributed by atoms with Gasteiger partial charge in [-0.15, -0.1) is 12.3 Å². The van der Waals surface area contributed by atoms with Gasteiger partial charge in [0.25, 0.3) is 0 Å². The van der Waals surface area contributed by atoms with Crippen molar-refractivity contribution in [2.24, 2.45) is 5.73 Å². The Balaban J connectivity index is 2.50. The number of alkyl halides is 1. The molecule has 0 heterocycles. The molecule has 1 aliphatic rings. The minimum atomic E-state index is -1.16. The van der Waals surface area contributed by atoms with Gasteiger partial charge in [-0.25, -0.2) is 4.39 Å². The number of halogens is 1. The summed E-state index contributed by atoms with van der Waals surface area (Å²) >= 11 is 0. The molecule has 1 saturated carbocycles. The van der Waals surface area contributed by atoms with Crippen LogP contribution in [0.1, 0.15) is 32.1 Å². The third-order valence-corrected chi connectivity index (χ3v) is 2.25. The highest BCUT2D eigenvalue weighted by Crippen LogP contribution is 2.33. The van der Waals surface area contributed by atoms with Crippen LogP contribution in [0.2, 0.25) is 0 Å². The van der Waals surface area contributed by atoms with E-state index in [0.717, 1.165) is 12.8 Å². The van der Waals surface area contributed by atoms with Crippen LogP contribution in [0.15, 0.2) is 0 Å². The lowest BCUT2D eigenvalue weighted by atomic mass is 9.82. The monoisotopic (exact) mass is 155 g/mol. The zero-order valence-corrected chi connectivity index (χ0v) is 6.65. The van der Waals surface area contributed by atoms with E-state index in [0.29, 0.717) is 12.8 Å². The first-order chi connectivity index (χ1) is 5.16. The molecule has 2 N–H and O–H groups in total. The topological polar surface area (TPSA) is 26.0 Å². The normalized spacial score (nSPS) is 38.1. The Morgan fingerprint density at radius 3 is 3.00 bits per heavy atom. The van der Waals surface area contributed by atoms with Crippen molar-refractivity contribution in [3.8, 4) is 12.3 Å². The largest absolute Gasteiger partial charge is 0.328 e. The molecule has 0 spiro atoms. The highest BCUT2D eigenvalue weighted by Gasteiger charge is 2.34. The van der Waals surface area contributed by atoms with Gasteiger partial charge in [0.15, 0.2) is 0 Å². The van der Waals surface area contributed by atoms with Gasteiger partial charge in [-0.2, -0.15) is 0 Å². The molecule has 1 nitrogen and oxygen atoms in total. The summed E-state index contributed by atoms with van der Waals surface area (Å²) in [7, 11) is 0. The van der Waals surface area contributed by atoms with E-state index < -0.39 is 5.67 Å². The van der Waals surface area contributed by atoms with E-state index in [1.54, 1.807) is 0 Å². The number of terminal acetylenes is 1. The molecule has 11 heavy (non-hydrogen) atoms. The van der Waals surface area contributed by atoms with Gasteiger partial charge in [0.05, 0.1) is 0 Å². The Kier molecular flexibility index (Phi) is 2.51. The fourth-order valence-corrected chi connectivity index (χ4v) is 1.70. The van der Waals surface area contributed by atoms with Crippen LogP contribution in [0.25, 0.3) is 0 Å². The Morgan fingerprint density at radius 1 is 1.73 bits per heavy atom. The summed E-state index contributed by atoms with van der Waals surface area (Å²) in [5.74, 6) is 2.37. The van der Waals surface area contributed by atoms with E-state index in [2.05, 4.69) is 5.92 Å². The zero-order chi connectivity index (χ0) is 8.32. The van der Waals surface area contributed by atoms with Crippen molar-refractivity contribution in [3.63, 3.8) is 0 Å². The van der Waals surface area contributed by atoms with Gasteiger partial charge in [0.1, 0.15) is 5.67 Å². The summed E-state index contributed by atoms with van der Waals surface area (Å²) in [5.41, 5.74) is 4.47. The predicted molar refractivity (Wildman–Crippen MR) is 43.7 cm³/mol. The van der Waals surface area contributed by atoms with Crippen molar-refractivity contribution in [2.75, 3.05) is 0 Å². The van der Waals surface area contributed by atoms with Crippen molar-refractivity contribution in [1.29, 1.82) is 0 Å². The fourth-order valence-electron chi connectivity index (χ4n) is 1.70. The first kappa shape index (κ1) is 8.55. The van der Waals surface area contributed by atoms with Crippen LogP contribution in [0.3, 0.4) is 0 Å². The first-order valence-corrected chi connectivity index (χ1v) is 4.04. The molecule has 62 valence electrons. The molecule has 2 heteroatoms. The molecule has 0 radical (unpaired) electrons. The molecule has 1 rings (SSSR count). The van der Waals surface area contributed by atoms with E-state index in [9.17, 15) is 4.39 Å². The highest BCUT2D eigenvalue weighted by molar-refractivity contribution is 4.99. The van der Waals surface area contributed by atoms with E-state index >= 15 is 0 Å². The third-order valence-electron chi connectivity index (χ3n) is 2.25. The Hall–Kier alpha value is -0.550. The number of nitrogens with two attached hydrogens (primary N) is 1. The number of rotatable bonds is 1. The van der Waals surface area contributed by atoms with E-state index in [4.69, 9.17) is 12.2 Å². The molecule has 0 bridgehead atoms. The molecule has 1 aliphatic carbocycles. The molecule has 0 aromatic carbocycles. The van der Waals surface area contributed by atoms with E-state index in [1.165, 1.54) is 0 Å². The lowest BCUT2D eigenvalue weighted by Gasteiger charge is -2.31. The van der Waals surface area contributed by atoms with Crippen LogP contribution < -0.4 is 5.73 Å². The third kappa shape index (κ3) is 2.20. The maximum absolute atomic E-state index is 13.6. The maximum atomic E-state index is 13.6. The molecule has 2 unspecified atom stereocenters. The summed E-state index contributed by atoms with van der Waals surface area (Å²) in [4.78, 5) is 0. The SMILES string of the molecule is C#CCC1(F)CCCC(N)C1. The van der Waals surface area contributed by atoms with E-state index in [-0.39, 0.29) is 12.5 Å². The smallest absolute Gasteiger partial charge is 0.123 e. The molecule has 1 fully saturated rings. The standard InChI is InChI=1S/C9H14FN/c1-2-5-9(10)6-3-4-8(11)7-9/h1,8H,3-7,11H2. The molecule has 0 aromatic heterocycles. The van der Waals surface area contributed by atoms with Crippen LogP contribution in [-0.4, -0.2) is 11.7 Å². The average Bonchev–Trinajstić information content (AvgIpc) is 1.86. The van der Waals surface area contributed by atoms with Gasteiger partial charge in [0.2, 0.25) is 0 Å². The molecule has 2 atom stereocenters. The Labute approximate surface area is 67.2 Å². The summed E-state index contributed by atoms with van der Waals surface area (Å²) in [6.07, 6.45) is 8.13. The molecule has 0 saturated heterocycles. The van der Waals surface area contributed by atoms with Gasteiger partial charge >= 0.3 is 0 Å². The highest BCUT2D eigenvalue weighted by atomic mass is 19.1. The molecule has 0 aromatic rings. The summed E-state index contributed by atoms with van der Waals surface area (Å²) < 4.78 is 13.6. The van der Waals surface area contributed by atoms with Gasteiger partial charge in [-0.05, 0) is 25.7 Å². The van der Waals surface area contributed by atoms with Crippen LogP contribution in [-0.2, 0) is 0 Å². The van der Waals surface area contributed by atoms with Gasteiger partial charge < -0.3 is 5.73 Å². The zero-order valence-electron chi connectivity index (χ0n) is 6.65. The molecular formula is C9H14FN. The van der Waals surface area contributed by atoms with Gasteiger partial charge in [0, 0.05) is 12.5 Å². The fraction of sp³-hybridized carbons (Fsp3) is 0.778. The molecular weight excluding hydrogens is 141 g/mol. The Morgan fingerprint density at radius 2 is 2.45 bits per heavy atom. The summed E-state index contributed by atoms with van der Waals surface area (Å²) in [6, 6.07) is 0.0158. The first-order valence-electron chi connectivity index (χ1n) is 4.04. The average molecular weight is 155 g/mol. The van der Waals surface area contributed by atoms with Crippen LogP contribution in [0, 0.1) is 12.3 Å².